The van der Waals surface area contributed by atoms with Crippen LogP contribution >= 0.6 is 11.6 Å². The Balaban J connectivity index is 1.31. The van der Waals surface area contributed by atoms with Gasteiger partial charge in [-0.2, -0.15) is 0 Å². The minimum absolute atomic E-state index is 0.0680. The molecule has 4 aromatic rings. The number of amides is 1. The molecule has 3 aliphatic heterocycles. The van der Waals surface area contributed by atoms with Crippen LogP contribution in [0, 0.1) is 0 Å². The zero-order valence-corrected chi connectivity index (χ0v) is 23.2. The van der Waals surface area contributed by atoms with E-state index < -0.39 is 0 Å². The summed E-state index contributed by atoms with van der Waals surface area (Å²) in [7, 11) is 2.21. The number of aromatic nitrogens is 3. The molecule has 0 atom stereocenters. The number of fused-ring (bicyclic) bond motifs is 3. The van der Waals surface area contributed by atoms with Crippen molar-refractivity contribution in [2.75, 3.05) is 17.7 Å². The molecule has 0 saturated carbocycles. The van der Waals surface area contributed by atoms with Crippen molar-refractivity contribution in [2.45, 2.75) is 32.7 Å². The van der Waals surface area contributed by atoms with Crippen LogP contribution in [0.25, 0.3) is 11.4 Å². The van der Waals surface area contributed by atoms with Gasteiger partial charge in [0, 0.05) is 35.6 Å². The lowest BCUT2D eigenvalue weighted by Crippen LogP contribution is -2.43. The predicted molar refractivity (Wildman–Crippen MR) is 160 cm³/mol. The normalized spacial score (nSPS) is 17.5. The average molecular weight is 549 g/mol. The molecule has 5 heterocycles. The number of carbonyl (C=O) groups excluding carboxylic acids is 1. The minimum atomic E-state index is -0.216. The summed E-state index contributed by atoms with van der Waals surface area (Å²) in [6, 6.07) is 21.1. The molecule has 0 unspecified atom stereocenters. The van der Waals surface area contributed by atoms with Crippen LogP contribution in [-0.4, -0.2) is 55.4 Å². The number of halogens is 1. The van der Waals surface area contributed by atoms with Gasteiger partial charge in [-0.3, -0.25) is 19.3 Å². The number of nitrogens with zero attached hydrogens (tertiary/aromatic N) is 4. The maximum atomic E-state index is 11.8. The highest BCUT2D eigenvalue weighted by atomic mass is 35.5. The first-order valence-electron chi connectivity index (χ1n) is 13.8. The number of benzene rings is 2. The van der Waals surface area contributed by atoms with Gasteiger partial charge in [0.2, 0.25) is 5.91 Å². The maximum absolute atomic E-state index is 11.8. The van der Waals surface area contributed by atoms with E-state index in [0.717, 1.165) is 66.4 Å². The van der Waals surface area contributed by atoms with Crippen LogP contribution < -0.4 is 5.32 Å². The lowest BCUT2D eigenvalue weighted by atomic mass is 9.91. The number of anilines is 1. The zero-order valence-electron chi connectivity index (χ0n) is 22.4. The summed E-state index contributed by atoms with van der Waals surface area (Å²) in [5.74, 6) is 1.96. The molecule has 1 radical (unpaired) electrons. The molecule has 2 N–H and O–H groups in total. The number of aryl methyl sites for hydroxylation is 1. The van der Waals surface area contributed by atoms with Gasteiger partial charge in [0.15, 0.2) is 0 Å². The van der Waals surface area contributed by atoms with E-state index in [1.54, 1.807) is 0 Å². The number of nitrogens with one attached hydrogen (secondary N) is 2. The van der Waals surface area contributed by atoms with Crippen LogP contribution in [0.3, 0.4) is 0 Å². The van der Waals surface area contributed by atoms with E-state index in [1.165, 1.54) is 22.7 Å². The first-order valence-corrected chi connectivity index (χ1v) is 14.4. The molecule has 0 aliphatic carbocycles. The Kier molecular flexibility index (Phi) is 6.27. The molecule has 199 valence electrons. The average Bonchev–Trinajstić information content (AvgIpc) is 3.58. The smallest absolute Gasteiger partial charge is 0.329 e. The second-order valence-electron chi connectivity index (χ2n) is 10.5. The van der Waals surface area contributed by atoms with Crippen LogP contribution in [0.2, 0.25) is 0 Å². The monoisotopic (exact) mass is 548 g/mol. The molecule has 9 heteroatoms. The number of H-pyrrole nitrogens is 1. The van der Waals surface area contributed by atoms with Gasteiger partial charge < -0.3 is 9.79 Å². The maximum Gasteiger partial charge on any atom is 0.553 e. The predicted octanol–water partition coefficient (Wildman–Crippen LogP) is 4.93. The van der Waals surface area contributed by atoms with Gasteiger partial charge in [-0.25, -0.2) is 4.68 Å². The molecular weight excluding hydrogens is 519 g/mol. The summed E-state index contributed by atoms with van der Waals surface area (Å²) in [6.45, 7) is 4.06. The fourth-order valence-electron chi connectivity index (χ4n) is 5.95. The van der Waals surface area contributed by atoms with Crippen molar-refractivity contribution in [3.63, 3.8) is 0 Å². The number of allylic oxidation sites excluding steroid dienone is 1. The molecule has 40 heavy (non-hydrogen) atoms. The number of aromatic amines is 1. The molecule has 1 amide bonds. The van der Waals surface area contributed by atoms with Crippen molar-refractivity contribution < 1.29 is 9.37 Å². The summed E-state index contributed by atoms with van der Waals surface area (Å²) in [4.78, 5) is 14.1. The van der Waals surface area contributed by atoms with Gasteiger partial charge in [-0.15, -0.1) is 11.6 Å². The quantitative estimate of drug-likeness (QED) is 0.204. The van der Waals surface area contributed by atoms with Crippen LogP contribution in [0.1, 0.15) is 41.4 Å². The fraction of sp³-hybridized carbons (Fsp3) is 0.226. The van der Waals surface area contributed by atoms with Gasteiger partial charge in [0.05, 0.1) is 12.2 Å². The summed E-state index contributed by atoms with van der Waals surface area (Å²) >= 11 is 5.69. The molecule has 0 bridgehead atoms. The number of amidine groups is 1. The van der Waals surface area contributed by atoms with Crippen LogP contribution in [0.5, 0.6) is 0 Å². The third kappa shape index (κ3) is 4.23. The Morgan fingerprint density at radius 2 is 1.88 bits per heavy atom. The van der Waals surface area contributed by atoms with Crippen molar-refractivity contribution >= 4 is 42.2 Å². The van der Waals surface area contributed by atoms with Gasteiger partial charge in [-0.05, 0) is 53.5 Å². The molecule has 2 aromatic carbocycles. The summed E-state index contributed by atoms with van der Waals surface area (Å²) in [6.07, 6.45) is 9.83. The number of alkyl halides is 1. The summed E-state index contributed by atoms with van der Waals surface area (Å²) in [5.41, 5.74) is 9.30. The summed E-state index contributed by atoms with van der Waals surface area (Å²) < 4.78 is 6.83. The molecule has 0 saturated heterocycles. The lowest BCUT2D eigenvalue weighted by Gasteiger charge is -2.28. The third-order valence-electron chi connectivity index (χ3n) is 7.88. The first-order chi connectivity index (χ1) is 19.6. The zero-order chi connectivity index (χ0) is 27.2. The third-order valence-corrected chi connectivity index (χ3v) is 8.13. The van der Waals surface area contributed by atoms with E-state index in [2.05, 4.69) is 110 Å². The molecule has 2 aromatic heterocycles. The molecule has 0 spiro atoms. The highest BCUT2D eigenvalue weighted by Gasteiger charge is 2.40. The van der Waals surface area contributed by atoms with E-state index in [1.807, 2.05) is 12.1 Å². The first kappa shape index (κ1) is 24.8. The molecule has 3 aliphatic rings. The number of hydrogen-bond donors (Lipinski definition) is 2. The molecule has 0 fully saturated rings. The highest BCUT2D eigenvalue weighted by Crippen LogP contribution is 2.38. The lowest BCUT2D eigenvalue weighted by molar-refractivity contribution is -0.550. The van der Waals surface area contributed by atoms with Crippen LogP contribution in [-0.2, 0) is 24.2 Å². The fourth-order valence-corrected chi connectivity index (χ4v) is 6.01. The molecule has 7 rings (SSSR count). The van der Waals surface area contributed by atoms with E-state index in [9.17, 15) is 4.79 Å². The number of carbonyl (C=O) groups is 1. The Morgan fingerprint density at radius 3 is 2.65 bits per heavy atom. The van der Waals surface area contributed by atoms with Crippen LogP contribution in [0.4, 0.5) is 5.69 Å². The van der Waals surface area contributed by atoms with Crippen molar-refractivity contribution in [3.8, 4) is 5.82 Å². The molecule has 7 nitrogen and oxygen atoms in total. The Hall–Kier alpha value is -4.17. The topological polar surface area (TPSA) is 61.0 Å². The Morgan fingerprint density at radius 1 is 1.07 bits per heavy atom. The van der Waals surface area contributed by atoms with Crippen LogP contribution in [0.15, 0.2) is 84.7 Å². The van der Waals surface area contributed by atoms with E-state index in [-0.39, 0.29) is 11.8 Å². The Bertz CT molecular complexity index is 1690. The van der Waals surface area contributed by atoms with E-state index in [4.69, 9.17) is 11.6 Å². The van der Waals surface area contributed by atoms with Crippen molar-refractivity contribution in [2.24, 2.45) is 0 Å². The van der Waals surface area contributed by atoms with Crippen molar-refractivity contribution in [1.29, 1.82) is 0 Å². The van der Waals surface area contributed by atoms with E-state index >= 15 is 0 Å². The second-order valence-corrected chi connectivity index (χ2v) is 10.7. The minimum Gasteiger partial charge on any atom is -0.329 e. The highest BCUT2D eigenvalue weighted by molar-refractivity contribution is 6.40. The summed E-state index contributed by atoms with van der Waals surface area (Å²) in [5, 5.41) is 6.34. The number of hydrogen-bond acceptors (Lipinski definition) is 1. The van der Waals surface area contributed by atoms with Gasteiger partial charge in [0.1, 0.15) is 23.9 Å². The van der Waals surface area contributed by atoms with Gasteiger partial charge in [0.25, 0.3) is 5.84 Å². The van der Waals surface area contributed by atoms with E-state index in [0.29, 0.717) is 0 Å². The van der Waals surface area contributed by atoms with Crippen molar-refractivity contribution in [1.82, 2.24) is 19.1 Å². The van der Waals surface area contributed by atoms with Gasteiger partial charge >= 0.3 is 7.55 Å². The second kappa shape index (κ2) is 10.1. The molecular formula is C31H30BClN6O+. The SMILES string of the molecule is CCCc1cn(-c2ccc3n2[B]N2C(=C3c3ccc(NC(=O)CCl)cc3)C=CC2=[N+]2CCc3ccccc3C2)[nH]1. The van der Waals surface area contributed by atoms with Gasteiger partial charge in [-0.1, -0.05) is 49.7 Å². The standard InChI is InChI=1S/C31H29BClN6O/c1-2-5-25-20-37(35-25)30-15-13-27-31(22-8-10-24(11-9-22)34-28(40)18-33)26-12-14-29(38(26)32-39(27)30)36-17-16-21-6-3-4-7-23(21)19-36/h3-4,6-15,20,35H,2,5,16-19H2,1H3/p+1. The Labute approximate surface area is 239 Å². The largest absolute Gasteiger partial charge is 0.553 e. The van der Waals surface area contributed by atoms with Crippen molar-refractivity contribution in [3.05, 3.63) is 113 Å². The number of rotatable bonds is 6.